The first kappa shape index (κ1) is 18.7. The molecule has 7 nitrogen and oxygen atoms in total. The Morgan fingerprint density at radius 1 is 1.04 bits per heavy atom. The Hall–Kier alpha value is -2.61. The van der Waals surface area contributed by atoms with Crippen molar-refractivity contribution >= 4 is 23.6 Å². The molecular weight excluding hydrogens is 365 g/mol. The van der Waals surface area contributed by atoms with Gasteiger partial charge in [-0.15, -0.1) is 0 Å². The maximum Gasteiger partial charge on any atom is 0.262 e. The Balaban J connectivity index is 1.61. The second-order valence-electron chi connectivity index (χ2n) is 8.64. The third-order valence-electron chi connectivity index (χ3n) is 5.83. The summed E-state index contributed by atoms with van der Waals surface area (Å²) in [4.78, 5) is 52.1. The molecule has 1 aromatic rings. The molecule has 28 heavy (non-hydrogen) atoms. The van der Waals surface area contributed by atoms with Crippen LogP contribution in [0.2, 0.25) is 0 Å². The number of rotatable bonds is 2. The molecule has 0 aliphatic carbocycles. The Kier molecular flexibility index (Phi) is 4.15. The molecule has 148 valence electrons. The molecule has 2 fully saturated rings. The lowest BCUT2D eigenvalue weighted by Crippen LogP contribution is -2.54. The number of hydrogen-bond donors (Lipinski definition) is 1. The van der Waals surface area contributed by atoms with Gasteiger partial charge in [0.1, 0.15) is 11.9 Å². The molecule has 0 aromatic heterocycles. The summed E-state index contributed by atoms with van der Waals surface area (Å²) in [5.41, 5.74) is 0.506. The molecule has 4 amide bonds. The van der Waals surface area contributed by atoms with Crippen molar-refractivity contribution in [2.75, 3.05) is 13.1 Å². The van der Waals surface area contributed by atoms with E-state index in [2.05, 4.69) is 31.0 Å². The van der Waals surface area contributed by atoms with Crippen LogP contribution in [0.5, 0.6) is 0 Å². The van der Waals surface area contributed by atoms with Gasteiger partial charge in [0, 0.05) is 31.0 Å². The number of halogens is 1. The van der Waals surface area contributed by atoms with Gasteiger partial charge in [0.15, 0.2) is 0 Å². The molecule has 0 radical (unpaired) electrons. The van der Waals surface area contributed by atoms with E-state index in [1.807, 2.05) is 0 Å². The fraction of sp³-hybridized carbons (Fsp3) is 0.500. The molecular formula is C20H22FN3O4. The van der Waals surface area contributed by atoms with E-state index < -0.39 is 35.5 Å². The summed E-state index contributed by atoms with van der Waals surface area (Å²) in [6.07, 6.45) is 0.128. The Labute approximate surface area is 161 Å². The summed E-state index contributed by atoms with van der Waals surface area (Å²) in [5, 5.41) is 2.15. The van der Waals surface area contributed by atoms with Crippen molar-refractivity contribution in [3.05, 3.63) is 34.6 Å². The van der Waals surface area contributed by atoms with E-state index in [1.165, 1.54) is 6.07 Å². The number of likely N-dealkylation sites (tertiary alicyclic amines) is 1. The Morgan fingerprint density at radius 2 is 1.64 bits per heavy atom. The molecule has 4 rings (SSSR count). The third kappa shape index (κ3) is 2.83. The molecule has 3 aliphatic heterocycles. The van der Waals surface area contributed by atoms with Crippen LogP contribution in [0.1, 0.15) is 65.8 Å². The van der Waals surface area contributed by atoms with Crippen LogP contribution in [0.4, 0.5) is 4.39 Å². The van der Waals surface area contributed by atoms with E-state index in [4.69, 9.17) is 0 Å². The van der Waals surface area contributed by atoms with Gasteiger partial charge in [0.2, 0.25) is 11.8 Å². The molecule has 2 saturated heterocycles. The number of amides is 4. The minimum atomic E-state index is -1.04. The van der Waals surface area contributed by atoms with E-state index in [0.29, 0.717) is 18.7 Å². The molecule has 1 atom stereocenters. The van der Waals surface area contributed by atoms with E-state index in [-0.39, 0.29) is 35.4 Å². The first-order chi connectivity index (χ1) is 13.1. The molecule has 1 aromatic carbocycles. The molecule has 0 spiro atoms. The smallest absolute Gasteiger partial charge is 0.262 e. The topological polar surface area (TPSA) is 86.8 Å². The zero-order valence-corrected chi connectivity index (χ0v) is 16.0. The molecule has 0 unspecified atom stereocenters. The number of nitrogens with one attached hydrogen (secondary N) is 1. The fourth-order valence-electron chi connectivity index (χ4n) is 4.04. The average Bonchev–Trinajstić information content (AvgIpc) is 2.77. The van der Waals surface area contributed by atoms with Crippen LogP contribution in [0.3, 0.4) is 0 Å². The van der Waals surface area contributed by atoms with Crippen LogP contribution < -0.4 is 5.32 Å². The Bertz CT molecular complexity index is 915. The highest BCUT2D eigenvalue weighted by Gasteiger charge is 2.46. The number of carbonyl (C=O) groups is 4. The highest BCUT2D eigenvalue weighted by molar-refractivity contribution is 6.23. The summed E-state index contributed by atoms with van der Waals surface area (Å²) >= 11 is 0. The van der Waals surface area contributed by atoms with Gasteiger partial charge in [-0.2, -0.15) is 0 Å². The fourth-order valence-corrected chi connectivity index (χ4v) is 4.04. The maximum absolute atomic E-state index is 14.7. The van der Waals surface area contributed by atoms with Crippen molar-refractivity contribution in [2.24, 2.45) is 0 Å². The lowest BCUT2D eigenvalue weighted by Gasteiger charge is -2.48. The van der Waals surface area contributed by atoms with Gasteiger partial charge in [-0.3, -0.25) is 34.3 Å². The van der Waals surface area contributed by atoms with Crippen LogP contribution >= 0.6 is 0 Å². The predicted molar refractivity (Wildman–Crippen MR) is 97.1 cm³/mol. The highest BCUT2D eigenvalue weighted by Crippen LogP contribution is 2.37. The SMILES string of the molecule is CC(C)(C)N1CC(c2cc3c(cc2F)C(=O)N([C@@H]2CCC(=O)NC2=O)C3=O)C1. The summed E-state index contributed by atoms with van der Waals surface area (Å²) in [5.74, 6) is -2.96. The van der Waals surface area contributed by atoms with Gasteiger partial charge in [0.05, 0.1) is 11.1 Å². The lowest BCUT2D eigenvalue weighted by molar-refractivity contribution is -0.136. The second-order valence-corrected chi connectivity index (χ2v) is 8.64. The number of hydrogen-bond acceptors (Lipinski definition) is 5. The molecule has 0 bridgehead atoms. The molecule has 3 aliphatic rings. The van der Waals surface area contributed by atoms with Crippen molar-refractivity contribution in [2.45, 2.75) is 51.1 Å². The summed E-state index contributed by atoms with van der Waals surface area (Å²) < 4.78 is 14.7. The monoisotopic (exact) mass is 387 g/mol. The van der Waals surface area contributed by atoms with Gasteiger partial charge < -0.3 is 0 Å². The number of nitrogens with zero attached hydrogens (tertiary/aromatic N) is 2. The van der Waals surface area contributed by atoms with E-state index in [9.17, 15) is 23.6 Å². The lowest BCUT2D eigenvalue weighted by atomic mass is 9.85. The molecule has 0 saturated carbocycles. The van der Waals surface area contributed by atoms with Crippen LogP contribution in [-0.2, 0) is 9.59 Å². The number of imide groups is 2. The van der Waals surface area contributed by atoms with Crippen molar-refractivity contribution in [1.29, 1.82) is 0 Å². The number of benzene rings is 1. The van der Waals surface area contributed by atoms with Crippen molar-refractivity contribution < 1.29 is 23.6 Å². The minimum absolute atomic E-state index is 0.0158. The maximum atomic E-state index is 14.7. The summed E-state index contributed by atoms with van der Waals surface area (Å²) in [7, 11) is 0. The number of carbonyl (C=O) groups excluding carboxylic acids is 4. The average molecular weight is 387 g/mol. The van der Waals surface area contributed by atoms with Gasteiger partial charge in [0.25, 0.3) is 11.8 Å². The highest BCUT2D eigenvalue weighted by atomic mass is 19.1. The van der Waals surface area contributed by atoms with Crippen LogP contribution in [0.15, 0.2) is 12.1 Å². The van der Waals surface area contributed by atoms with Crippen LogP contribution in [0.25, 0.3) is 0 Å². The molecule has 8 heteroatoms. The minimum Gasteiger partial charge on any atom is -0.297 e. The summed E-state index contributed by atoms with van der Waals surface area (Å²) in [6.45, 7) is 7.61. The second kappa shape index (κ2) is 6.20. The number of piperidine rings is 1. The van der Waals surface area contributed by atoms with E-state index in [1.54, 1.807) is 0 Å². The third-order valence-corrected chi connectivity index (χ3v) is 5.83. The van der Waals surface area contributed by atoms with Crippen molar-refractivity contribution in [3.8, 4) is 0 Å². The molecule has 1 N–H and O–H groups in total. The quantitative estimate of drug-likeness (QED) is 0.776. The largest absolute Gasteiger partial charge is 0.297 e. The Morgan fingerprint density at radius 3 is 2.21 bits per heavy atom. The summed E-state index contributed by atoms with van der Waals surface area (Å²) in [6, 6.07) is 1.52. The first-order valence-corrected chi connectivity index (χ1v) is 9.38. The molecule has 3 heterocycles. The zero-order valence-electron chi connectivity index (χ0n) is 16.0. The number of fused-ring (bicyclic) bond motifs is 1. The van der Waals surface area contributed by atoms with E-state index in [0.717, 1.165) is 11.0 Å². The van der Waals surface area contributed by atoms with Crippen molar-refractivity contribution in [1.82, 2.24) is 15.1 Å². The van der Waals surface area contributed by atoms with Gasteiger partial charge >= 0.3 is 0 Å². The van der Waals surface area contributed by atoms with E-state index >= 15 is 0 Å². The van der Waals surface area contributed by atoms with Crippen LogP contribution in [0, 0.1) is 5.82 Å². The van der Waals surface area contributed by atoms with Gasteiger partial charge in [-0.1, -0.05) is 0 Å². The van der Waals surface area contributed by atoms with Gasteiger partial charge in [-0.05, 0) is 44.9 Å². The predicted octanol–water partition coefficient (Wildman–Crippen LogP) is 1.42. The zero-order chi connectivity index (χ0) is 20.4. The van der Waals surface area contributed by atoms with Gasteiger partial charge in [-0.25, -0.2) is 4.39 Å². The standard InChI is InChI=1S/C20H22FN3O4/c1-20(2,3)23-8-10(9-23)11-6-12-13(7-14(11)21)19(28)24(18(12)27)15-4-5-16(25)22-17(15)26/h6-7,10,15H,4-5,8-9H2,1-3H3,(H,22,25,26)/t15-/m1/s1. The van der Waals surface area contributed by atoms with Crippen LogP contribution in [-0.4, -0.2) is 58.1 Å². The normalized spacial score (nSPS) is 23.7. The van der Waals surface area contributed by atoms with Crippen molar-refractivity contribution in [3.63, 3.8) is 0 Å². The first-order valence-electron chi connectivity index (χ1n) is 9.38.